The summed E-state index contributed by atoms with van der Waals surface area (Å²) in [5, 5.41) is 22.5. The monoisotopic (exact) mass is 927 g/mol. The number of nitrogens with zero attached hydrogens (tertiary/aromatic N) is 1. The smallest absolute Gasteiger partial charge is 0.311 e. The van der Waals surface area contributed by atoms with Gasteiger partial charge in [-0.05, 0) is 74.8 Å². The van der Waals surface area contributed by atoms with Crippen LogP contribution in [0.5, 0.6) is 11.5 Å². The number of phenolic OH excluding ortho intramolecular Hbond substituents is 1. The summed E-state index contributed by atoms with van der Waals surface area (Å²) in [5.74, 6) is -2.84. The predicted octanol–water partition coefficient (Wildman–Crippen LogP) is 5.24. The molecule has 15 heteroatoms. The fourth-order valence-electron chi connectivity index (χ4n) is 8.45. The molecular weight excluding hydrogens is 855 g/mol. The molecule has 5 rings (SSSR count). The number of quaternary nitrogens is 1. The van der Waals surface area contributed by atoms with Crippen LogP contribution in [-0.2, 0) is 57.6 Å². The number of aromatic hydroxyl groups is 1. The summed E-state index contributed by atoms with van der Waals surface area (Å²) in [4.78, 5) is 82.1. The van der Waals surface area contributed by atoms with Crippen LogP contribution in [0.3, 0.4) is 0 Å². The Morgan fingerprint density at radius 2 is 1.36 bits per heavy atom. The van der Waals surface area contributed by atoms with E-state index in [-0.39, 0.29) is 72.4 Å². The number of phenols is 1. The fraction of sp³-hybridized carbons (Fsp3) is 0.538. The Kier molecular flexibility index (Phi) is 19.9. The molecule has 15 nitrogen and oxygen atoms in total. The first kappa shape index (κ1) is 52.3. The van der Waals surface area contributed by atoms with Crippen molar-refractivity contribution in [3.63, 3.8) is 0 Å². The highest BCUT2D eigenvalue weighted by molar-refractivity contribution is 5.98. The standard InChI is InChI=1S/C52H71N5O10/c1-6-7-8-9-16-21-47(60)67-45-25-23-40(32-44(45)58)33-57(26-28-65-29-27-57)34-46(59)54-41(24-22-38-17-12-10-13-18-38)49(62)55-42(30-36(2)3)51(64)56-43(31-39-19-14-11-15-20-39)50(63)53-37(4)48(61)52(5)35-66-52/h10-15,17-20,23,25,32,36-37,41-43H,6-9,16,21-22,24,26-31,33-35H2,1-5H3,(H4-,53,54,55,56,58,59,62,63,64)/p+1/t37-,41-,42-,43-,52+/m0/s1. The summed E-state index contributed by atoms with van der Waals surface area (Å²) in [6, 6.07) is 19.7. The van der Waals surface area contributed by atoms with Crippen LogP contribution in [0, 0.1) is 5.92 Å². The Morgan fingerprint density at radius 1 is 0.746 bits per heavy atom. The van der Waals surface area contributed by atoms with Crippen LogP contribution in [-0.4, -0.2) is 114 Å². The normalized spacial score (nSPS) is 18.1. The fourth-order valence-corrected chi connectivity index (χ4v) is 8.45. The second kappa shape index (κ2) is 25.5. The summed E-state index contributed by atoms with van der Waals surface area (Å²) >= 11 is 0. The average Bonchev–Trinajstić information content (AvgIpc) is 4.06. The SMILES string of the molecule is CCCCCCCC(=O)Oc1ccc(C[N+]2(CC(=O)N[C@@H](CCc3ccccc3)C(=O)N[C@@H](CC(C)C)C(=O)N[C@@H](Cc3ccccc3)C(=O)N[C@@H](C)C(=O)[C@@]3(C)CO3)CCOCC2)cc1O. The molecule has 3 aromatic rings. The van der Waals surface area contributed by atoms with E-state index in [1.807, 2.05) is 74.5 Å². The van der Waals surface area contributed by atoms with E-state index in [4.69, 9.17) is 14.2 Å². The quantitative estimate of drug-likeness (QED) is 0.0221. The number of esters is 1. The van der Waals surface area contributed by atoms with Gasteiger partial charge >= 0.3 is 5.97 Å². The lowest BCUT2D eigenvalue weighted by Gasteiger charge is -2.41. The van der Waals surface area contributed by atoms with Crippen LogP contribution in [0.1, 0.15) is 103 Å². The third kappa shape index (κ3) is 16.9. The molecule has 0 bridgehead atoms. The molecule has 0 unspecified atom stereocenters. The molecule has 5 N–H and O–H groups in total. The maximum Gasteiger partial charge on any atom is 0.311 e. The number of amides is 4. The van der Waals surface area contributed by atoms with Gasteiger partial charge < -0.3 is 45.1 Å². The number of benzene rings is 3. The number of unbranched alkanes of at least 4 members (excludes halogenated alkanes) is 4. The van der Waals surface area contributed by atoms with Gasteiger partial charge in [0.05, 0.1) is 25.9 Å². The Bertz CT molecular complexity index is 2110. The predicted molar refractivity (Wildman–Crippen MR) is 254 cm³/mol. The van der Waals surface area contributed by atoms with Crippen molar-refractivity contribution in [2.45, 2.75) is 135 Å². The number of aryl methyl sites for hydroxylation is 1. The van der Waals surface area contributed by atoms with E-state index in [0.29, 0.717) is 39.3 Å². The number of carbonyl (C=O) groups is 6. The zero-order valence-corrected chi connectivity index (χ0v) is 40.0. The lowest BCUT2D eigenvalue weighted by molar-refractivity contribution is -0.940. The molecule has 0 radical (unpaired) electrons. The molecule has 364 valence electrons. The number of rotatable bonds is 27. The number of ketones is 1. The first-order valence-corrected chi connectivity index (χ1v) is 24.0. The van der Waals surface area contributed by atoms with Crippen molar-refractivity contribution in [2.24, 2.45) is 5.92 Å². The van der Waals surface area contributed by atoms with Crippen molar-refractivity contribution in [3.8, 4) is 11.5 Å². The van der Waals surface area contributed by atoms with Crippen molar-refractivity contribution in [2.75, 3.05) is 39.5 Å². The van der Waals surface area contributed by atoms with Crippen LogP contribution in [0.25, 0.3) is 0 Å². The molecular formula is C52H72N5O10+. The molecule has 3 aromatic carbocycles. The molecule has 0 spiro atoms. The minimum absolute atomic E-state index is 0.00634. The summed E-state index contributed by atoms with van der Waals surface area (Å²) in [5.41, 5.74) is 1.54. The molecule has 5 atom stereocenters. The van der Waals surface area contributed by atoms with E-state index in [1.165, 1.54) is 0 Å². The first-order valence-electron chi connectivity index (χ1n) is 24.0. The summed E-state index contributed by atoms with van der Waals surface area (Å²) in [6.45, 7) is 11.7. The van der Waals surface area contributed by atoms with Gasteiger partial charge in [0.15, 0.2) is 23.8 Å². The van der Waals surface area contributed by atoms with Crippen LogP contribution in [0.15, 0.2) is 78.9 Å². The van der Waals surface area contributed by atoms with Gasteiger partial charge in [0.25, 0.3) is 5.91 Å². The minimum Gasteiger partial charge on any atom is -0.504 e. The number of ether oxygens (including phenoxy) is 3. The maximum absolute atomic E-state index is 14.4. The van der Waals surface area contributed by atoms with E-state index in [9.17, 15) is 33.9 Å². The average molecular weight is 927 g/mol. The summed E-state index contributed by atoms with van der Waals surface area (Å²) < 4.78 is 16.8. The third-order valence-corrected chi connectivity index (χ3v) is 12.5. The largest absolute Gasteiger partial charge is 0.504 e. The number of Topliss-reactive ketones (excluding diaryl/α,β-unsaturated/α-hetero) is 1. The van der Waals surface area contributed by atoms with Crippen molar-refractivity contribution >= 4 is 35.4 Å². The number of morpholine rings is 1. The highest BCUT2D eigenvalue weighted by Gasteiger charge is 2.49. The summed E-state index contributed by atoms with van der Waals surface area (Å²) in [7, 11) is 0. The number of hydrogen-bond acceptors (Lipinski definition) is 10. The first-order chi connectivity index (χ1) is 32.1. The third-order valence-electron chi connectivity index (χ3n) is 12.5. The van der Waals surface area contributed by atoms with Crippen LogP contribution < -0.4 is 26.0 Å². The molecule has 2 aliphatic heterocycles. The second-order valence-corrected chi connectivity index (χ2v) is 18.9. The Labute approximate surface area is 395 Å². The van der Waals surface area contributed by atoms with E-state index < -0.39 is 53.5 Å². The number of hydrogen-bond donors (Lipinski definition) is 5. The van der Waals surface area contributed by atoms with Gasteiger partial charge in [-0.1, -0.05) is 107 Å². The molecule has 0 aromatic heterocycles. The Balaban J connectivity index is 1.29. The zero-order chi connectivity index (χ0) is 48.4. The van der Waals surface area contributed by atoms with E-state index in [2.05, 4.69) is 28.2 Å². The molecule has 2 saturated heterocycles. The maximum atomic E-state index is 14.4. The van der Waals surface area contributed by atoms with Gasteiger partial charge in [-0.2, -0.15) is 0 Å². The van der Waals surface area contributed by atoms with Crippen LogP contribution in [0.2, 0.25) is 0 Å². The van der Waals surface area contributed by atoms with Crippen LogP contribution >= 0.6 is 0 Å². The van der Waals surface area contributed by atoms with Gasteiger partial charge in [-0.25, -0.2) is 0 Å². The van der Waals surface area contributed by atoms with Crippen molar-refractivity contribution < 1.29 is 52.6 Å². The number of epoxide rings is 1. The summed E-state index contributed by atoms with van der Waals surface area (Å²) in [6.07, 6.45) is 6.30. The van der Waals surface area contributed by atoms with Gasteiger partial charge in [-0.3, -0.25) is 28.8 Å². The number of nitrogens with one attached hydrogen (secondary N) is 4. The zero-order valence-electron chi connectivity index (χ0n) is 40.0. The highest BCUT2D eigenvalue weighted by atomic mass is 16.6. The number of carbonyl (C=O) groups excluding carboxylic acids is 6. The lowest BCUT2D eigenvalue weighted by atomic mass is 9.99. The molecule has 4 amide bonds. The molecule has 0 saturated carbocycles. The highest BCUT2D eigenvalue weighted by Crippen LogP contribution is 2.30. The van der Waals surface area contributed by atoms with E-state index in [0.717, 1.165) is 48.8 Å². The van der Waals surface area contributed by atoms with Crippen molar-refractivity contribution in [1.82, 2.24) is 21.3 Å². The van der Waals surface area contributed by atoms with E-state index >= 15 is 0 Å². The van der Waals surface area contributed by atoms with Gasteiger partial charge in [0, 0.05) is 18.4 Å². The Hall–Kier alpha value is -5.64. The van der Waals surface area contributed by atoms with Crippen molar-refractivity contribution in [3.05, 3.63) is 95.6 Å². The molecule has 0 aliphatic carbocycles. The Morgan fingerprint density at radius 3 is 1.99 bits per heavy atom. The van der Waals surface area contributed by atoms with E-state index in [1.54, 1.807) is 32.0 Å². The minimum atomic E-state index is -1.08. The molecule has 2 heterocycles. The molecule has 67 heavy (non-hydrogen) atoms. The van der Waals surface area contributed by atoms with Gasteiger partial charge in [0.2, 0.25) is 17.7 Å². The molecule has 2 fully saturated rings. The van der Waals surface area contributed by atoms with Gasteiger partial charge in [0.1, 0.15) is 43.4 Å². The van der Waals surface area contributed by atoms with Gasteiger partial charge in [-0.15, -0.1) is 0 Å². The second-order valence-electron chi connectivity index (χ2n) is 18.9. The van der Waals surface area contributed by atoms with Crippen molar-refractivity contribution in [1.29, 1.82) is 0 Å². The topological polar surface area (TPSA) is 202 Å². The van der Waals surface area contributed by atoms with Crippen LogP contribution in [0.4, 0.5) is 0 Å². The molecule has 2 aliphatic rings. The lowest BCUT2D eigenvalue weighted by Crippen LogP contribution is -2.61.